The van der Waals surface area contributed by atoms with E-state index in [-0.39, 0.29) is 23.7 Å². The summed E-state index contributed by atoms with van der Waals surface area (Å²) >= 11 is 7.11. The average molecular weight is 221 g/mol. The van der Waals surface area contributed by atoms with Crippen LogP contribution in [0.1, 0.15) is 0 Å². The summed E-state index contributed by atoms with van der Waals surface area (Å²) in [5.41, 5.74) is 0. The minimum Gasteiger partial charge on any atom is -0.444 e. The molecule has 0 N–H and O–H groups in total. The van der Waals surface area contributed by atoms with Crippen LogP contribution in [0.15, 0.2) is 12.7 Å². The Balaban J connectivity index is 0. The van der Waals surface area contributed by atoms with Gasteiger partial charge in [0.25, 0.3) is 0 Å². The van der Waals surface area contributed by atoms with Crippen molar-refractivity contribution < 1.29 is 26.6 Å². The SMILES string of the molecule is C=CCOC(=O)N(S)S.[Fe]. The zero-order chi connectivity index (χ0) is 7.28. The molecule has 0 spiro atoms. The van der Waals surface area contributed by atoms with Crippen molar-refractivity contribution in [3.63, 3.8) is 0 Å². The Morgan fingerprint density at radius 2 is 2.20 bits per heavy atom. The Labute approximate surface area is 81.4 Å². The Kier molecular flexibility index (Phi) is 9.44. The van der Waals surface area contributed by atoms with E-state index in [9.17, 15) is 4.79 Å². The van der Waals surface area contributed by atoms with Crippen LogP contribution in [0.2, 0.25) is 0 Å². The quantitative estimate of drug-likeness (QED) is 0.418. The van der Waals surface area contributed by atoms with Gasteiger partial charge in [0, 0.05) is 17.1 Å². The number of ether oxygens (including phenoxy) is 1. The van der Waals surface area contributed by atoms with Crippen LogP contribution in [-0.2, 0) is 21.8 Å². The fourth-order valence-corrected chi connectivity index (χ4v) is 0.303. The summed E-state index contributed by atoms with van der Waals surface area (Å²) in [5, 5.41) is 0. The van der Waals surface area contributed by atoms with E-state index in [1.54, 1.807) is 0 Å². The fraction of sp³-hybridized carbons (Fsp3) is 0.250. The van der Waals surface area contributed by atoms with Gasteiger partial charge in [-0.1, -0.05) is 12.7 Å². The second-order valence-electron chi connectivity index (χ2n) is 1.16. The fourth-order valence-electron chi connectivity index (χ4n) is 0.188. The standard InChI is InChI=1S/C4H7NO2S2.Fe/c1-2-3-7-4(6)5(8)9;/h2,8-9H,1,3H2;. The molecule has 0 atom stereocenters. The first-order valence-electron chi connectivity index (χ1n) is 2.14. The van der Waals surface area contributed by atoms with Gasteiger partial charge in [-0.15, -0.1) is 0 Å². The molecule has 60 valence electrons. The van der Waals surface area contributed by atoms with Gasteiger partial charge in [0.2, 0.25) is 0 Å². The van der Waals surface area contributed by atoms with E-state index >= 15 is 0 Å². The monoisotopic (exact) mass is 221 g/mol. The predicted octanol–water partition coefficient (Wildman–Crippen LogP) is 1.30. The summed E-state index contributed by atoms with van der Waals surface area (Å²) in [4.78, 5) is 10.4. The Hall–Kier alpha value is 0.229. The molecule has 0 aromatic rings. The van der Waals surface area contributed by atoms with Crippen molar-refractivity contribution in [2.45, 2.75) is 0 Å². The Morgan fingerprint density at radius 1 is 1.70 bits per heavy atom. The third-order valence-electron chi connectivity index (χ3n) is 0.488. The molecule has 6 heteroatoms. The number of carbonyl (C=O) groups is 1. The minimum atomic E-state index is -0.610. The molecule has 0 aromatic carbocycles. The maximum absolute atomic E-state index is 10.4. The van der Waals surface area contributed by atoms with Crippen LogP contribution in [0, 0.1) is 0 Å². The van der Waals surface area contributed by atoms with Gasteiger partial charge in [0.15, 0.2) is 0 Å². The summed E-state index contributed by atoms with van der Waals surface area (Å²) in [6, 6.07) is 0. The van der Waals surface area contributed by atoms with Crippen LogP contribution in [-0.4, -0.2) is 16.4 Å². The number of hydrogen-bond acceptors (Lipinski definition) is 4. The first kappa shape index (κ1) is 12.9. The van der Waals surface area contributed by atoms with Crippen LogP contribution < -0.4 is 0 Å². The third kappa shape index (κ3) is 6.35. The number of carbonyl (C=O) groups excluding carboxylic acids is 1. The Morgan fingerprint density at radius 3 is 2.50 bits per heavy atom. The molecule has 0 aliphatic heterocycles. The van der Waals surface area contributed by atoms with Crippen molar-refractivity contribution >= 4 is 31.7 Å². The molecule has 0 fully saturated rings. The molecular weight excluding hydrogens is 214 g/mol. The van der Waals surface area contributed by atoms with E-state index in [0.717, 1.165) is 3.71 Å². The molecule has 1 amide bonds. The van der Waals surface area contributed by atoms with Crippen molar-refractivity contribution in [3.8, 4) is 0 Å². The normalized spacial score (nSPS) is 7.40. The molecule has 0 heterocycles. The molecule has 0 saturated carbocycles. The number of thiol groups is 2. The zero-order valence-corrected chi connectivity index (χ0v) is 7.90. The molecule has 10 heavy (non-hydrogen) atoms. The van der Waals surface area contributed by atoms with E-state index in [0.29, 0.717) is 0 Å². The third-order valence-corrected chi connectivity index (χ3v) is 0.815. The molecule has 0 aliphatic carbocycles. The Bertz CT molecular complexity index is 120. The summed E-state index contributed by atoms with van der Waals surface area (Å²) < 4.78 is 5.22. The maximum Gasteiger partial charge on any atom is 0.430 e. The molecule has 0 radical (unpaired) electrons. The molecule has 0 aromatic heterocycles. The topological polar surface area (TPSA) is 29.5 Å². The van der Waals surface area contributed by atoms with E-state index < -0.39 is 6.09 Å². The summed E-state index contributed by atoms with van der Waals surface area (Å²) in [6.45, 7) is 3.52. The van der Waals surface area contributed by atoms with Gasteiger partial charge in [0.05, 0.1) is 0 Å². The molecule has 0 aliphatic rings. The van der Waals surface area contributed by atoms with Gasteiger partial charge in [-0.25, -0.2) is 4.79 Å². The van der Waals surface area contributed by atoms with Gasteiger partial charge in [0.1, 0.15) is 6.61 Å². The first-order valence-corrected chi connectivity index (χ1v) is 2.94. The molecule has 0 saturated heterocycles. The second kappa shape index (κ2) is 7.34. The molecular formula is C4H7FeNO2S2. The average Bonchev–Trinajstić information content (AvgIpc) is 1.82. The smallest absolute Gasteiger partial charge is 0.430 e. The van der Waals surface area contributed by atoms with Crippen LogP contribution in [0.3, 0.4) is 0 Å². The number of amides is 1. The summed E-state index contributed by atoms with van der Waals surface area (Å²) in [7, 11) is 0. The van der Waals surface area contributed by atoms with E-state index in [2.05, 4.69) is 36.9 Å². The van der Waals surface area contributed by atoms with E-state index in [1.807, 2.05) is 0 Å². The van der Waals surface area contributed by atoms with Crippen LogP contribution in [0.4, 0.5) is 4.79 Å². The molecule has 0 bridgehead atoms. The molecule has 0 unspecified atom stereocenters. The largest absolute Gasteiger partial charge is 0.444 e. The van der Waals surface area contributed by atoms with Crippen LogP contribution in [0.25, 0.3) is 0 Å². The molecule has 0 rings (SSSR count). The van der Waals surface area contributed by atoms with Gasteiger partial charge in [-0.05, 0) is 25.6 Å². The zero-order valence-electron chi connectivity index (χ0n) is 5.00. The van der Waals surface area contributed by atoms with Gasteiger partial charge in [-0.2, -0.15) is 3.71 Å². The van der Waals surface area contributed by atoms with Crippen molar-refractivity contribution in [1.29, 1.82) is 0 Å². The van der Waals surface area contributed by atoms with Crippen molar-refractivity contribution in [1.82, 2.24) is 3.71 Å². The van der Waals surface area contributed by atoms with Crippen molar-refractivity contribution in [3.05, 3.63) is 12.7 Å². The van der Waals surface area contributed by atoms with Gasteiger partial charge < -0.3 is 4.74 Å². The van der Waals surface area contributed by atoms with E-state index in [4.69, 9.17) is 0 Å². The van der Waals surface area contributed by atoms with Crippen molar-refractivity contribution in [2.24, 2.45) is 0 Å². The van der Waals surface area contributed by atoms with Gasteiger partial charge >= 0.3 is 6.09 Å². The number of hydrogen-bond donors (Lipinski definition) is 2. The second-order valence-corrected chi connectivity index (χ2v) is 2.27. The molecule has 3 nitrogen and oxygen atoms in total. The predicted molar refractivity (Wildman–Crippen MR) is 41.4 cm³/mol. The first-order chi connectivity index (χ1) is 4.18. The van der Waals surface area contributed by atoms with Crippen LogP contribution in [0.5, 0.6) is 0 Å². The summed E-state index contributed by atoms with van der Waals surface area (Å²) in [5.74, 6) is 0. The number of rotatable bonds is 2. The van der Waals surface area contributed by atoms with Crippen LogP contribution >= 0.6 is 25.6 Å². The number of nitrogens with zero attached hydrogens (tertiary/aromatic N) is 1. The van der Waals surface area contributed by atoms with Gasteiger partial charge in [-0.3, -0.25) is 0 Å². The maximum atomic E-state index is 10.4. The summed E-state index contributed by atoms with van der Waals surface area (Å²) in [6.07, 6.45) is 0.852. The van der Waals surface area contributed by atoms with Crippen molar-refractivity contribution in [2.75, 3.05) is 6.61 Å². The minimum absolute atomic E-state index is 0. The van der Waals surface area contributed by atoms with E-state index in [1.165, 1.54) is 6.08 Å².